The lowest BCUT2D eigenvalue weighted by Crippen LogP contribution is -3.15. The number of rotatable bonds is 6. The number of nitrogens with zero attached hydrogens (tertiary/aromatic N) is 1. The molecule has 0 aromatic heterocycles. The minimum atomic E-state index is -3.55. The average Bonchev–Trinajstić information content (AvgIpc) is 2.74. The predicted octanol–water partition coefficient (Wildman–Crippen LogP) is 2.17. The van der Waals surface area contributed by atoms with Crippen LogP contribution in [0.3, 0.4) is 0 Å². The topological polar surface area (TPSA) is 80.2 Å². The molecule has 0 unspecified atom stereocenters. The van der Waals surface area contributed by atoms with Gasteiger partial charge in [0.05, 0.1) is 43.9 Å². The van der Waals surface area contributed by atoms with Gasteiger partial charge in [-0.3, -0.25) is 4.79 Å². The molecule has 1 aliphatic rings. The number of nitrogens with one attached hydrogen (secondary N) is 2. The van der Waals surface area contributed by atoms with Gasteiger partial charge in [-0.15, -0.1) is 0 Å². The number of anilines is 1. The van der Waals surface area contributed by atoms with E-state index in [0.717, 1.165) is 10.5 Å². The number of ether oxygens (including phenoxy) is 1. The van der Waals surface area contributed by atoms with Gasteiger partial charge in [-0.1, -0.05) is 44.5 Å². The second-order valence-corrected chi connectivity index (χ2v) is 11.4. The normalized spacial score (nSPS) is 16.0. The fourth-order valence-electron chi connectivity index (χ4n) is 3.69. The van der Waals surface area contributed by atoms with Crippen LogP contribution < -0.4 is 15.0 Å². The molecule has 1 aliphatic heterocycles. The summed E-state index contributed by atoms with van der Waals surface area (Å²) in [4.78, 5) is 13.8. The van der Waals surface area contributed by atoms with Crippen molar-refractivity contribution in [1.82, 2.24) is 4.31 Å². The number of amides is 1. The highest BCUT2D eigenvalue weighted by Crippen LogP contribution is 2.27. The van der Waals surface area contributed by atoms with Crippen molar-refractivity contribution < 1.29 is 22.8 Å². The van der Waals surface area contributed by atoms with Crippen LogP contribution in [0.1, 0.15) is 26.3 Å². The lowest BCUT2D eigenvalue weighted by Gasteiger charge is -2.31. The molecule has 0 bridgehead atoms. The van der Waals surface area contributed by atoms with Gasteiger partial charge in [0.2, 0.25) is 10.0 Å². The van der Waals surface area contributed by atoms with Crippen molar-refractivity contribution in [3.8, 4) is 5.75 Å². The number of carbonyl (C=O) groups is 1. The zero-order chi connectivity index (χ0) is 23.5. The zero-order valence-corrected chi connectivity index (χ0v) is 20.5. The summed E-state index contributed by atoms with van der Waals surface area (Å²) in [5.74, 6) is 0.362. The third-order valence-corrected chi connectivity index (χ3v) is 7.78. The average molecular weight is 481 g/mol. The Labute approximate surface area is 195 Å². The van der Waals surface area contributed by atoms with Crippen molar-refractivity contribution in [2.24, 2.45) is 0 Å². The van der Waals surface area contributed by atoms with Crippen LogP contribution in [0.2, 0.25) is 5.02 Å². The largest absolute Gasteiger partial charge is 0.495 e. The highest BCUT2D eigenvalue weighted by Gasteiger charge is 2.31. The van der Waals surface area contributed by atoms with E-state index in [0.29, 0.717) is 47.5 Å². The summed E-state index contributed by atoms with van der Waals surface area (Å²) >= 11 is 6.01. The zero-order valence-electron chi connectivity index (χ0n) is 18.9. The quantitative estimate of drug-likeness (QED) is 0.664. The van der Waals surface area contributed by atoms with Crippen molar-refractivity contribution in [3.05, 3.63) is 53.1 Å². The number of sulfonamides is 1. The molecule has 2 N–H and O–H groups in total. The van der Waals surface area contributed by atoms with Gasteiger partial charge in [-0.2, -0.15) is 4.31 Å². The Kier molecular flexibility index (Phi) is 7.50. The van der Waals surface area contributed by atoms with E-state index in [2.05, 4.69) is 26.1 Å². The van der Waals surface area contributed by atoms with Crippen LogP contribution in [0.25, 0.3) is 0 Å². The lowest BCUT2D eigenvalue weighted by atomic mass is 9.87. The van der Waals surface area contributed by atoms with Crippen LogP contribution in [0.15, 0.2) is 47.4 Å². The van der Waals surface area contributed by atoms with Crippen LogP contribution in [0.5, 0.6) is 5.75 Å². The molecule has 174 valence electrons. The van der Waals surface area contributed by atoms with Gasteiger partial charge in [0.15, 0.2) is 6.54 Å². The second-order valence-electron chi connectivity index (χ2n) is 9.00. The van der Waals surface area contributed by atoms with E-state index in [9.17, 15) is 13.2 Å². The van der Waals surface area contributed by atoms with Crippen LogP contribution in [0, 0.1) is 0 Å². The summed E-state index contributed by atoms with van der Waals surface area (Å²) < 4.78 is 32.8. The van der Waals surface area contributed by atoms with E-state index in [1.54, 1.807) is 30.3 Å². The number of methoxy groups -OCH3 is 1. The maximum Gasteiger partial charge on any atom is 0.279 e. The number of carbonyl (C=O) groups excluding carboxylic acids is 1. The molecule has 0 aliphatic carbocycles. The molecule has 2 aromatic carbocycles. The summed E-state index contributed by atoms with van der Waals surface area (Å²) in [6, 6.07) is 12.1. The molecule has 1 heterocycles. The van der Waals surface area contributed by atoms with Crippen LogP contribution in [0.4, 0.5) is 5.69 Å². The molecule has 1 saturated heterocycles. The predicted molar refractivity (Wildman–Crippen MR) is 126 cm³/mol. The molecular formula is C23H31ClN3O4S+. The number of piperazine rings is 1. The Hall–Kier alpha value is -2.13. The number of hydrogen-bond donors (Lipinski definition) is 2. The number of halogens is 1. The summed E-state index contributed by atoms with van der Waals surface area (Å²) in [6.07, 6.45) is 0. The smallest absolute Gasteiger partial charge is 0.279 e. The van der Waals surface area contributed by atoms with Crippen LogP contribution in [-0.4, -0.2) is 58.5 Å². The van der Waals surface area contributed by atoms with Gasteiger partial charge in [-0.05, 0) is 41.3 Å². The first-order valence-corrected chi connectivity index (χ1v) is 12.4. The van der Waals surface area contributed by atoms with E-state index in [4.69, 9.17) is 16.3 Å². The first kappa shape index (κ1) is 24.5. The molecule has 1 amide bonds. The molecule has 0 radical (unpaired) electrons. The summed E-state index contributed by atoms with van der Waals surface area (Å²) in [7, 11) is -2.02. The van der Waals surface area contributed by atoms with Gasteiger partial charge in [0.1, 0.15) is 5.75 Å². The maximum absolute atomic E-state index is 13.0. The number of hydrogen-bond acceptors (Lipinski definition) is 4. The fourth-order valence-corrected chi connectivity index (χ4v) is 5.31. The Morgan fingerprint density at radius 3 is 2.31 bits per heavy atom. The molecule has 2 aromatic rings. The first-order valence-electron chi connectivity index (χ1n) is 10.6. The van der Waals surface area contributed by atoms with E-state index >= 15 is 0 Å². The van der Waals surface area contributed by atoms with E-state index in [1.165, 1.54) is 11.4 Å². The Balaban J connectivity index is 1.57. The van der Waals surface area contributed by atoms with Crippen LogP contribution >= 0.6 is 11.6 Å². The highest BCUT2D eigenvalue weighted by atomic mass is 35.5. The Morgan fingerprint density at radius 1 is 1.12 bits per heavy atom. The van der Waals surface area contributed by atoms with Crippen LogP contribution in [-0.2, 0) is 20.2 Å². The third kappa shape index (κ3) is 5.81. The fraction of sp³-hybridized carbons (Fsp3) is 0.435. The molecular weight excluding hydrogens is 450 g/mol. The summed E-state index contributed by atoms with van der Waals surface area (Å²) in [5, 5.41) is 3.34. The molecule has 32 heavy (non-hydrogen) atoms. The number of quaternary nitrogens is 1. The Morgan fingerprint density at radius 2 is 1.75 bits per heavy atom. The monoisotopic (exact) mass is 480 g/mol. The van der Waals surface area contributed by atoms with Gasteiger partial charge >= 0.3 is 0 Å². The van der Waals surface area contributed by atoms with Crippen molar-refractivity contribution in [2.75, 3.05) is 45.2 Å². The first-order chi connectivity index (χ1) is 15.0. The van der Waals surface area contributed by atoms with E-state index < -0.39 is 10.0 Å². The van der Waals surface area contributed by atoms with Crippen molar-refractivity contribution in [1.29, 1.82) is 0 Å². The van der Waals surface area contributed by atoms with Crippen molar-refractivity contribution in [2.45, 2.75) is 31.1 Å². The maximum atomic E-state index is 13.0. The minimum Gasteiger partial charge on any atom is -0.495 e. The molecule has 9 heteroatoms. The summed E-state index contributed by atoms with van der Waals surface area (Å²) in [6.45, 7) is 8.37. The van der Waals surface area contributed by atoms with Gasteiger partial charge in [0.25, 0.3) is 5.91 Å². The third-order valence-electron chi connectivity index (χ3n) is 5.63. The molecule has 0 atom stereocenters. The lowest BCUT2D eigenvalue weighted by molar-refractivity contribution is -0.895. The van der Waals surface area contributed by atoms with Gasteiger partial charge in [-0.25, -0.2) is 8.42 Å². The van der Waals surface area contributed by atoms with E-state index in [-0.39, 0.29) is 17.9 Å². The molecule has 0 saturated carbocycles. The van der Waals surface area contributed by atoms with Gasteiger partial charge < -0.3 is 15.0 Å². The summed E-state index contributed by atoms with van der Waals surface area (Å²) in [5.41, 5.74) is 1.57. The molecule has 1 fully saturated rings. The second kappa shape index (κ2) is 9.79. The van der Waals surface area contributed by atoms with Crippen molar-refractivity contribution >= 4 is 33.2 Å². The molecule has 7 nitrogen and oxygen atoms in total. The van der Waals surface area contributed by atoms with E-state index in [1.807, 2.05) is 12.1 Å². The highest BCUT2D eigenvalue weighted by molar-refractivity contribution is 7.89. The molecule has 3 rings (SSSR count). The van der Waals surface area contributed by atoms with Crippen molar-refractivity contribution in [3.63, 3.8) is 0 Å². The number of benzene rings is 2. The van der Waals surface area contributed by atoms with Gasteiger partial charge in [0, 0.05) is 5.02 Å². The SMILES string of the molecule is COc1ccc(Cl)cc1NC(=O)C[NH+]1CCN(S(=O)(=O)c2ccc(C(C)(C)C)cc2)CC1. The molecule has 0 spiro atoms. The standard InChI is InChI=1S/C23H30ClN3O4S/c1-23(2,3)17-5-8-19(9-6-17)32(29,30)27-13-11-26(12-14-27)16-22(28)25-20-15-18(24)7-10-21(20)31-4/h5-10,15H,11-14,16H2,1-4H3,(H,25,28)/p+1. The Bertz CT molecular complexity index is 1060. The minimum absolute atomic E-state index is 0.0348.